The first-order valence-electron chi connectivity index (χ1n) is 4.57. The Morgan fingerprint density at radius 2 is 2.12 bits per heavy atom. The van der Waals surface area contributed by atoms with E-state index in [1.807, 2.05) is 0 Å². The van der Waals surface area contributed by atoms with Gasteiger partial charge < -0.3 is 10.0 Å². The minimum absolute atomic E-state index is 0.0748. The normalized spacial score (nSPS) is 10.4. The first-order chi connectivity index (χ1) is 7.41. The van der Waals surface area contributed by atoms with Gasteiger partial charge in [0.25, 0.3) is 5.69 Å². The van der Waals surface area contributed by atoms with Gasteiger partial charge in [0.15, 0.2) is 0 Å². The molecule has 6 heteroatoms. The van der Waals surface area contributed by atoms with Crippen LogP contribution in [0.4, 0.5) is 5.69 Å². The standard InChI is InChI=1S/C10H12N2O4/c1-11(2)6-8-4-3-7(10(13)14)5-9(8)12(15)16/h3-5H,6H2,1-2H3,(H,13,14). The van der Waals surface area contributed by atoms with Crippen LogP contribution in [0.2, 0.25) is 0 Å². The molecule has 0 aliphatic carbocycles. The summed E-state index contributed by atoms with van der Waals surface area (Å²) in [6.45, 7) is 0.399. The Morgan fingerprint density at radius 1 is 1.50 bits per heavy atom. The van der Waals surface area contributed by atoms with Crippen molar-refractivity contribution in [3.05, 3.63) is 39.4 Å². The molecule has 0 bridgehead atoms. The number of nitro groups is 1. The van der Waals surface area contributed by atoms with Crippen LogP contribution in [0.15, 0.2) is 18.2 Å². The molecule has 1 N–H and O–H groups in total. The lowest BCUT2D eigenvalue weighted by atomic mass is 10.1. The van der Waals surface area contributed by atoms with E-state index in [4.69, 9.17) is 5.11 Å². The van der Waals surface area contributed by atoms with Gasteiger partial charge in [-0.25, -0.2) is 4.79 Å². The van der Waals surface area contributed by atoms with Crippen LogP contribution in [0.25, 0.3) is 0 Å². The number of carboxylic acids is 1. The van der Waals surface area contributed by atoms with E-state index in [0.717, 1.165) is 6.07 Å². The van der Waals surface area contributed by atoms with E-state index in [1.165, 1.54) is 12.1 Å². The lowest BCUT2D eigenvalue weighted by Crippen LogP contribution is -2.12. The van der Waals surface area contributed by atoms with Gasteiger partial charge in [-0.3, -0.25) is 10.1 Å². The number of nitrogens with zero attached hydrogens (tertiary/aromatic N) is 2. The molecule has 0 aromatic heterocycles. The highest BCUT2D eigenvalue weighted by Crippen LogP contribution is 2.21. The molecule has 0 spiro atoms. The number of benzene rings is 1. The maximum absolute atomic E-state index is 10.8. The third kappa shape index (κ3) is 2.77. The Balaban J connectivity index is 3.19. The Bertz CT molecular complexity index is 429. The molecule has 0 saturated heterocycles. The van der Waals surface area contributed by atoms with Crippen LogP contribution in [-0.4, -0.2) is 35.0 Å². The summed E-state index contributed by atoms with van der Waals surface area (Å²) in [5.74, 6) is -1.17. The van der Waals surface area contributed by atoms with E-state index in [2.05, 4.69) is 0 Å². The maximum Gasteiger partial charge on any atom is 0.335 e. The van der Waals surface area contributed by atoms with Crippen molar-refractivity contribution in [2.45, 2.75) is 6.54 Å². The molecule has 0 aliphatic rings. The monoisotopic (exact) mass is 224 g/mol. The molecule has 1 rings (SSSR count). The molecular weight excluding hydrogens is 212 g/mol. The summed E-state index contributed by atoms with van der Waals surface area (Å²) in [6, 6.07) is 3.93. The second kappa shape index (κ2) is 4.71. The SMILES string of the molecule is CN(C)Cc1ccc(C(=O)O)cc1[N+](=O)[O-]. The minimum Gasteiger partial charge on any atom is -0.478 e. The topological polar surface area (TPSA) is 83.7 Å². The van der Waals surface area contributed by atoms with Crippen molar-refractivity contribution in [1.29, 1.82) is 0 Å². The maximum atomic E-state index is 10.8. The second-order valence-electron chi connectivity index (χ2n) is 3.64. The highest BCUT2D eigenvalue weighted by molar-refractivity contribution is 5.88. The van der Waals surface area contributed by atoms with Crippen molar-refractivity contribution in [3.8, 4) is 0 Å². The highest BCUT2D eigenvalue weighted by Gasteiger charge is 2.17. The summed E-state index contributed by atoms with van der Waals surface area (Å²) in [4.78, 5) is 22.7. The zero-order valence-electron chi connectivity index (χ0n) is 9.01. The number of hydrogen-bond donors (Lipinski definition) is 1. The lowest BCUT2D eigenvalue weighted by molar-refractivity contribution is -0.385. The van der Waals surface area contributed by atoms with Crippen molar-refractivity contribution >= 4 is 11.7 Å². The van der Waals surface area contributed by atoms with Crippen LogP contribution < -0.4 is 0 Å². The summed E-state index contributed by atoms with van der Waals surface area (Å²) in [5, 5.41) is 19.5. The van der Waals surface area contributed by atoms with Gasteiger partial charge in [-0.05, 0) is 20.2 Å². The fourth-order valence-corrected chi connectivity index (χ4v) is 1.34. The van der Waals surface area contributed by atoms with Gasteiger partial charge in [0.05, 0.1) is 10.5 Å². The molecule has 0 radical (unpaired) electrons. The third-order valence-electron chi connectivity index (χ3n) is 2.02. The molecule has 0 heterocycles. The summed E-state index contributed by atoms with van der Waals surface area (Å²) < 4.78 is 0. The van der Waals surface area contributed by atoms with Gasteiger partial charge in [0, 0.05) is 18.2 Å². The van der Waals surface area contributed by atoms with Crippen molar-refractivity contribution in [2.24, 2.45) is 0 Å². The Morgan fingerprint density at radius 3 is 2.56 bits per heavy atom. The van der Waals surface area contributed by atoms with Crippen LogP contribution in [0, 0.1) is 10.1 Å². The van der Waals surface area contributed by atoms with Gasteiger partial charge in [-0.15, -0.1) is 0 Å². The van der Waals surface area contributed by atoms with Crippen molar-refractivity contribution < 1.29 is 14.8 Å². The smallest absolute Gasteiger partial charge is 0.335 e. The van der Waals surface area contributed by atoms with Gasteiger partial charge in [-0.2, -0.15) is 0 Å². The average molecular weight is 224 g/mol. The largest absolute Gasteiger partial charge is 0.478 e. The van der Waals surface area contributed by atoms with E-state index >= 15 is 0 Å². The number of nitro benzene ring substituents is 1. The minimum atomic E-state index is -1.17. The van der Waals surface area contributed by atoms with Crippen LogP contribution in [-0.2, 0) is 6.54 Å². The van der Waals surface area contributed by atoms with E-state index < -0.39 is 10.9 Å². The third-order valence-corrected chi connectivity index (χ3v) is 2.02. The predicted octanol–water partition coefficient (Wildman–Crippen LogP) is 1.35. The van der Waals surface area contributed by atoms with Gasteiger partial charge in [0.2, 0.25) is 0 Å². The quantitative estimate of drug-likeness (QED) is 0.616. The molecule has 0 atom stereocenters. The molecule has 0 amide bonds. The Hall–Kier alpha value is -1.95. The number of rotatable bonds is 4. The molecule has 1 aromatic carbocycles. The predicted molar refractivity (Wildman–Crippen MR) is 57.4 cm³/mol. The number of hydrogen-bond acceptors (Lipinski definition) is 4. The van der Waals surface area contributed by atoms with Crippen molar-refractivity contribution in [2.75, 3.05) is 14.1 Å². The van der Waals surface area contributed by atoms with E-state index in [9.17, 15) is 14.9 Å². The number of carbonyl (C=O) groups is 1. The van der Waals surface area contributed by atoms with Crippen LogP contribution in [0.5, 0.6) is 0 Å². The highest BCUT2D eigenvalue weighted by atomic mass is 16.6. The molecule has 16 heavy (non-hydrogen) atoms. The zero-order valence-corrected chi connectivity index (χ0v) is 9.01. The van der Waals surface area contributed by atoms with Gasteiger partial charge in [0.1, 0.15) is 0 Å². The average Bonchev–Trinajstić information content (AvgIpc) is 2.16. The van der Waals surface area contributed by atoms with E-state index in [1.54, 1.807) is 19.0 Å². The van der Waals surface area contributed by atoms with Crippen LogP contribution in [0.3, 0.4) is 0 Å². The van der Waals surface area contributed by atoms with Crippen LogP contribution in [0.1, 0.15) is 15.9 Å². The number of aromatic carboxylic acids is 1. The molecular formula is C10H12N2O4. The molecule has 1 aromatic rings. The summed E-state index contributed by atoms with van der Waals surface area (Å²) in [7, 11) is 3.57. The van der Waals surface area contributed by atoms with Gasteiger partial charge >= 0.3 is 5.97 Å². The van der Waals surface area contributed by atoms with E-state index in [-0.39, 0.29) is 11.3 Å². The summed E-state index contributed by atoms with van der Waals surface area (Å²) >= 11 is 0. The zero-order chi connectivity index (χ0) is 12.3. The molecule has 0 unspecified atom stereocenters. The second-order valence-corrected chi connectivity index (χ2v) is 3.64. The van der Waals surface area contributed by atoms with E-state index in [0.29, 0.717) is 12.1 Å². The number of carboxylic acid groups (broad SMARTS) is 1. The summed E-state index contributed by atoms with van der Waals surface area (Å²) in [5.41, 5.74) is 0.266. The molecule has 0 aliphatic heterocycles. The first-order valence-corrected chi connectivity index (χ1v) is 4.57. The fourth-order valence-electron chi connectivity index (χ4n) is 1.34. The molecule has 86 valence electrons. The van der Waals surface area contributed by atoms with Crippen molar-refractivity contribution in [3.63, 3.8) is 0 Å². The Kier molecular flexibility index (Phi) is 3.57. The van der Waals surface area contributed by atoms with Crippen LogP contribution >= 0.6 is 0 Å². The molecule has 0 fully saturated rings. The van der Waals surface area contributed by atoms with Gasteiger partial charge in [-0.1, -0.05) is 6.07 Å². The lowest BCUT2D eigenvalue weighted by Gasteiger charge is -2.10. The molecule has 0 saturated carbocycles. The first kappa shape index (κ1) is 12.1. The summed E-state index contributed by atoms with van der Waals surface area (Å²) in [6.07, 6.45) is 0. The molecule has 6 nitrogen and oxygen atoms in total. The van der Waals surface area contributed by atoms with Crippen molar-refractivity contribution in [1.82, 2.24) is 4.90 Å². The fraction of sp³-hybridized carbons (Fsp3) is 0.300. The Labute approximate surface area is 92.3 Å².